The number of halogens is 3. The van der Waals surface area contributed by atoms with Crippen molar-refractivity contribution in [2.45, 2.75) is 44.8 Å². The van der Waals surface area contributed by atoms with Gasteiger partial charge in [-0.2, -0.15) is 18.3 Å². The second-order valence-electron chi connectivity index (χ2n) is 8.95. The van der Waals surface area contributed by atoms with Crippen LogP contribution in [0.1, 0.15) is 35.4 Å². The SMILES string of the molecule is Cc1nc(NCc2cnn(Cc3ccc(C(F)(F)F)nc3)c2)cc2c1NC(=O)[C@@](O)(C1CC1)N2C. The summed E-state index contributed by atoms with van der Waals surface area (Å²) in [7, 11) is 1.71. The number of likely N-dealkylation sites (N-methyl/N-ethyl adjacent to an activating group) is 1. The molecule has 0 unspecified atom stereocenters. The first-order valence-electron chi connectivity index (χ1n) is 11.1. The molecule has 4 heterocycles. The summed E-state index contributed by atoms with van der Waals surface area (Å²) in [5.74, 6) is 0.0367. The summed E-state index contributed by atoms with van der Waals surface area (Å²) in [4.78, 5) is 22.2. The maximum absolute atomic E-state index is 12.7. The zero-order valence-electron chi connectivity index (χ0n) is 19.1. The molecule has 3 N–H and O–H groups in total. The van der Waals surface area contributed by atoms with Crippen LogP contribution < -0.4 is 15.5 Å². The molecule has 2 aliphatic rings. The first kappa shape index (κ1) is 23.1. The van der Waals surface area contributed by atoms with E-state index in [0.29, 0.717) is 35.0 Å². The number of fused-ring (bicyclic) bond motifs is 1. The van der Waals surface area contributed by atoms with Gasteiger partial charge in [0, 0.05) is 43.5 Å². The van der Waals surface area contributed by atoms with E-state index in [-0.39, 0.29) is 12.5 Å². The summed E-state index contributed by atoms with van der Waals surface area (Å²) in [6.07, 6.45) is 1.77. The number of nitrogens with one attached hydrogen (secondary N) is 2. The first-order chi connectivity index (χ1) is 16.6. The van der Waals surface area contributed by atoms with Crippen LogP contribution in [0.3, 0.4) is 0 Å². The number of aryl methyl sites for hydroxylation is 1. The third-order valence-electron chi connectivity index (χ3n) is 6.39. The molecule has 0 aromatic carbocycles. The molecule has 9 nitrogen and oxygen atoms in total. The molecule has 1 aliphatic carbocycles. The van der Waals surface area contributed by atoms with E-state index in [1.165, 1.54) is 12.3 Å². The highest BCUT2D eigenvalue weighted by Gasteiger charge is 2.55. The average Bonchev–Trinajstić information content (AvgIpc) is 3.57. The minimum atomic E-state index is -4.47. The van der Waals surface area contributed by atoms with E-state index in [4.69, 9.17) is 0 Å². The van der Waals surface area contributed by atoms with E-state index in [9.17, 15) is 23.1 Å². The minimum absolute atomic E-state index is 0.101. The lowest BCUT2D eigenvalue weighted by molar-refractivity contribution is -0.141. The van der Waals surface area contributed by atoms with Gasteiger partial charge in [-0.1, -0.05) is 6.07 Å². The Balaban J connectivity index is 1.27. The molecule has 1 atom stereocenters. The highest BCUT2D eigenvalue weighted by Crippen LogP contribution is 2.48. The lowest BCUT2D eigenvalue weighted by Gasteiger charge is -2.42. The Bertz CT molecular complexity index is 1270. The molecule has 1 amide bonds. The first-order valence-corrected chi connectivity index (χ1v) is 11.1. The van der Waals surface area contributed by atoms with E-state index < -0.39 is 23.5 Å². The summed E-state index contributed by atoms with van der Waals surface area (Å²) in [5.41, 5.74) is 0.811. The largest absolute Gasteiger partial charge is 0.433 e. The molecule has 1 saturated carbocycles. The van der Waals surface area contributed by atoms with Crippen molar-refractivity contribution >= 4 is 23.1 Å². The standard InChI is InChI=1S/C23H24F3N7O2/c1-13-20-17(32(2)22(35,16-4-5-16)21(34)31-20)7-19(30-13)28-9-15-10-29-33(12-15)11-14-3-6-18(27-8-14)23(24,25)26/h3,6-8,10,12,16,35H,4-5,9,11H2,1-2H3,(H,28,30)(H,31,34)/t22-/m0/s1. The molecule has 3 aromatic rings. The van der Waals surface area contributed by atoms with Crippen LogP contribution in [-0.4, -0.2) is 43.5 Å². The fraction of sp³-hybridized carbons (Fsp3) is 0.391. The van der Waals surface area contributed by atoms with Crippen LogP contribution in [0.15, 0.2) is 36.8 Å². The van der Waals surface area contributed by atoms with Crippen LogP contribution in [0, 0.1) is 12.8 Å². The van der Waals surface area contributed by atoms with Gasteiger partial charge in [0.15, 0.2) is 0 Å². The number of carbonyl (C=O) groups excluding carboxylic acids is 1. The Hall–Kier alpha value is -3.67. The minimum Gasteiger partial charge on any atom is -0.366 e. The number of nitrogens with zero attached hydrogens (tertiary/aromatic N) is 5. The van der Waals surface area contributed by atoms with E-state index in [0.717, 1.165) is 24.5 Å². The van der Waals surface area contributed by atoms with Gasteiger partial charge >= 0.3 is 6.18 Å². The van der Waals surface area contributed by atoms with Crippen molar-refractivity contribution in [1.82, 2.24) is 19.7 Å². The van der Waals surface area contributed by atoms with Gasteiger partial charge in [0.1, 0.15) is 11.5 Å². The molecule has 1 aliphatic heterocycles. The number of aliphatic hydroxyl groups is 1. The number of aromatic nitrogens is 4. The van der Waals surface area contributed by atoms with Crippen LogP contribution in [0.2, 0.25) is 0 Å². The predicted molar refractivity (Wildman–Crippen MR) is 122 cm³/mol. The van der Waals surface area contributed by atoms with Crippen molar-refractivity contribution in [3.8, 4) is 0 Å². The van der Waals surface area contributed by atoms with Crippen molar-refractivity contribution in [3.05, 3.63) is 59.3 Å². The summed E-state index contributed by atoms with van der Waals surface area (Å²) < 4.78 is 39.7. The van der Waals surface area contributed by atoms with Crippen LogP contribution in [0.25, 0.3) is 0 Å². The van der Waals surface area contributed by atoms with Crippen molar-refractivity contribution in [1.29, 1.82) is 0 Å². The van der Waals surface area contributed by atoms with Gasteiger partial charge in [-0.25, -0.2) is 4.98 Å². The molecule has 3 aromatic heterocycles. The van der Waals surface area contributed by atoms with E-state index in [1.807, 2.05) is 0 Å². The maximum atomic E-state index is 12.7. The van der Waals surface area contributed by atoms with Crippen molar-refractivity contribution in [2.24, 2.45) is 5.92 Å². The normalized spacial score (nSPS) is 19.9. The second kappa shape index (κ2) is 8.22. The molecule has 0 radical (unpaired) electrons. The molecule has 0 spiro atoms. The van der Waals surface area contributed by atoms with Crippen molar-refractivity contribution in [3.63, 3.8) is 0 Å². The van der Waals surface area contributed by atoms with Gasteiger partial charge in [-0.15, -0.1) is 0 Å². The molecule has 5 rings (SSSR count). The van der Waals surface area contributed by atoms with Gasteiger partial charge in [0.2, 0.25) is 5.72 Å². The number of hydrogen-bond donors (Lipinski definition) is 3. The maximum Gasteiger partial charge on any atom is 0.433 e. The van der Waals surface area contributed by atoms with E-state index in [2.05, 4.69) is 25.7 Å². The van der Waals surface area contributed by atoms with Crippen LogP contribution >= 0.6 is 0 Å². The Labute approximate surface area is 199 Å². The average molecular weight is 487 g/mol. The lowest BCUT2D eigenvalue weighted by Crippen LogP contribution is -2.60. The van der Waals surface area contributed by atoms with Crippen LogP contribution in [0.5, 0.6) is 0 Å². The monoisotopic (exact) mass is 487 g/mol. The number of hydrogen-bond acceptors (Lipinski definition) is 7. The molecule has 0 saturated heterocycles. The quantitative estimate of drug-likeness (QED) is 0.490. The number of alkyl halides is 3. The van der Waals surface area contributed by atoms with Gasteiger partial charge in [-0.05, 0) is 31.4 Å². The topological polar surface area (TPSA) is 108 Å². The number of amides is 1. The second-order valence-corrected chi connectivity index (χ2v) is 8.95. The van der Waals surface area contributed by atoms with Crippen LogP contribution in [0.4, 0.5) is 30.4 Å². The van der Waals surface area contributed by atoms with Gasteiger partial charge in [0.25, 0.3) is 5.91 Å². The smallest absolute Gasteiger partial charge is 0.366 e. The summed E-state index contributed by atoms with van der Waals surface area (Å²) >= 11 is 0. The molecule has 35 heavy (non-hydrogen) atoms. The van der Waals surface area contributed by atoms with E-state index in [1.54, 1.807) is 42.0 Å². The zero-order chi connectivity index (χ0) is 25.0. The Kier molecular flexibility index (Phi) is 5.42. The molecular weight excluding hydrogens is 463 g/mol. The van der Waals surface area contributed by atoms with Gasteiger partial charge in [0.05, 0.1) is 29.8 Å². The fourth-order valence-electron chi connectivity index (χ4n) is 4.30. The van der Waals surface area contributed by atoms with Crippen LogP contribution in [-0.2, 0) is 24.1 Å². The molecule has 0 bridgehead atoms. The summed E-state index contributed by atoms with van der Waals surface area (Å²) in [6, 6.07) is 4.12. The highest BCUT2D eigenvalue weighted by atomic mass is 19.4. The third kappa shape index (κ3) is 4.29. The molecule has 12 heteroatoms. The Morgan fingerprint density at radius 2 is 2.03 bits per heavy atom. The molecule has 184 valence electrons. The Morgan fingerprint density at radius 1 is 1.26 bits per heavy atom. The zero-order valence-corrected chi connectivity index (χ0v) is 19.1. The predicted octanol–water partition coefficient (Wildman–Crippen LogP) is 3.15. The summed E-state index contributed by atoms with van der Waals surface area (Å²) in [6.45, 7) is 2.47. The third-order valence-corrected chi connectivity index (χ3v) is 6.39. The van der Waals surface area contributed by atoms with Gasteiger partial charge < -0.3 is 20.6 Å². The van der Waals surface area contributed by atoms with E-state index >= 15 is 0 Å². The Morgan fingerprint density at radius 3 is 2.69 bits per heavy atom. The number of carbonyl (C=O) groups is 1. The van der Waals surface area contributed by atoms with Crippen molar-refractivity contribution < 1.29 is 23.1 Å². The summed E-state index contributed by atoms with van der Waals surface area (Å²) in [5, 5.41) is 21.4. The lowest BCUT2D eigenvalue weighted by atomic mass is 10.00. The number of anilines is 3. The van der Waals surface area contributed by atoms with Gasteiger partial charge in [-0.3, -0.25) is 14.5 Å². The number of rotatable bonds is 6. The fourth-order valence-corrected chi connectivity index (χ4v) is 4.30. The highest BCUT2D eigenvalue weighted by molar-refractivity contribution is 6.06. The molecular formula is C23H24F3N7O2. The van der Waals surface area contributed by atoms with Crippen molar-refractivity contribution in [2.75, 3.05) is 22.6 Å². The number of pyridine rings is 2. The molecule has 1 fully saturated rings.